The number of aliphatic hydroxyl groups excluding tert-OH is 1. The molecule has 1 fully saturated rings. The number of aliphatic imine (C=N–C) groups is 1. The van der Waals surface area contributed by atoms with Crippen LogP contribution in [-0.2, 0) is 5.41 Å². The van der Waals surface area contributed by atoms with Crippen molar-refractivity contribution >= 4 is 50.9 Å². The molecule has 4 aliphatic heterocycles. The van der Waals surface area contributed by atoms with Crippen molar-refractivity contribution in [3.8, 4) is 5.75 Å². The van der Waals surface area contributed by atoms with Crippen molar-refractivity contribution in [2.75, 3.05) is 11.9 Å². The first-order valence-electron chi connectivity index (χ1n) is 8.64. The maximum absolute atomic E-state index is 11.0. The number of nitrogens with zero attached hydrogens (tertiary/aromatic N) is 1. The molecule has 1 aromatic rings. The second-order valence-electron chi connectivity index (χ2n) is 7.44. The van der Waals surface area contributed by atoms with Crippen LogP contribution in [0.1, 0.15) is 24.8 Å². The molecule has 4 N–H and O–H groups in total. The van der Waals surface area contributed by atoms with E-state index in [-0.39, 0.29) is 16.5 Å². The van der Waals surface area contributed by atoms with Crippen LogP contribution in [0.3, 0.4) is 0 Å². The number of phenols is 1. The summed E-state index contributed by atoms with van der Waals surface area (Å²) in [7, 11) is 0. The first-order chi connectivity index (χ1) is 12.1. The molecule has 5 aliphatic rings. The van der Waals surface area contributed by atoms with E-state index in [9.17, 15) is 10.2 Å². The van der Waals surface area contributed by atoms with Gasteiger partial charge in [0, 0.05) is 27.8 Å². The maximum atomic E-state index is 11.0. The van der Waals surface area contributed by atoms with E-state index < -0.39 is 6.10 Å². The van der Waals surface area contributed by atoms with Crippen molar-refractivity contribution in [1.82, 2.24) is 0 Å². The highest BCUT2D eigenvalue weighted by atomic mass is 79.9. The van der Waals surface area contributed by atoms with Gasteiger partial charge in [0.15, 0.2) is 5.75 Å². The van der Waals surface area contributed by atoms with Gasteiger partial charge in [-0.1, -0.05) is 22.0 Å². The lowest BCUT2D eigenvalue weighted by Gasteiger charge is -2.39. The fourth-order valence-corrected chi connectivity index (χ4v) is 7.49. The van der Waals surface area contributed by atoms with Crippen LogP contribution in [0.15, 0.2) is 15.6 Å². The van der Waals surface area contributed by atoms with Gasteiger partial charge in [-0.2, -0.15) is 0 Å². The monoisotopic (exact) mass is 418 g/mol. The van der Waals surface area contributed by atoms with Crippen LogP contribution in [0.2, 0.25) is 0 Å². The summed E-state index contributed by atoms with van der Waals surface area (Å²) in [5, 5.41) is 27.6. The summed E-state index contributed by atoms with van der Waals surface area (Å²) in [6.07, 6.45) is 6.29. The maximum Gasteiger partial charge on any atom is 0.214 e. The number of rotatable bonds is 0. The summed E-state index contributed by atoms with van der Waals surface area (Å²) in [5.41, 5.74) is 3.71. The molecule has 6 rings (SSSR count). The van der Waals surface area contributed by atoms with Gasteiger partial charge in [0.1, 0.15) is 12.2 Å². The molecule has 0 amide bonds. The summed E-state index contributed by atoms with van der Waals surface area (Å²) in [6.45, 7) is 0.885. The van der Waals surface area contributed by atoms with Crippen LogP contribution in [0.4, 0.5) is 11.4 Å². The van der Waals surface area contributed by atoms with E-state index in [1.165, 1.54) is 5.57 Å². The summed E-state index contributed by atoms with van der Waals surface area (Å²) in [4.78, 5) is 8.09. The molecule has 0 radical (unpaired) electrons. The van der Waals surface area contributed by atoms with E-state index in [1.54, 1.807) is 0 Å². The molecule has 1 aromatic carbocycles. The van der Waals surface area contributed by atoms with Crippen LogP contribution >= 0.6 is 27.7 Å². The molecule has 2 bridgehead atoms. The minimum atomic E-state index is -0.441. The lowest BCUT2D eigenvalue weighted by Crippen LogP contribution is -2.83. The van der Waals surface area contributed by atoms with Crippen LogP contribution in [0.5, 0.6) is 5.75 Å². The van der Waals surface area contributed by atoms with Crippen LogP contribution in [0.25, 0.3) is 5.57 Å². The fourth-order valence-electron chi connectivity index (χ4n) is 5.13. The van der Waals surface area contributed by atoms with Crippen molar-refractivity contribution < 1.29 is 15.2 Å². The Morgan fingerprint density at radius 2 is 2.32 bits per heavy atom. The molecule has 1 aliphatic carbocycles. The van der Waals surface area contributed by atoms with Gasteiger partial charge in [0.05, 0.1) is 27.9 Å². The number of hydrogen-bond acceptors (Lipinski definition) is 5. The Hall–Kier alpha value is -1.31. The van der Waals surface area contributed by atoms with Gasteiger partial charge in [-0.25, -0.2) is 4.99 Å². The number of benzene rings is 1. The minimum absolute atomic E-state index is 0.173. The Labute approximate surface area is 156 Å². The first-order valence-corrected chi connectivity index (χ1v) is 10.4. The van der Waals surface area contributed by atoms with Crippen LogP contribution in [-0.4, -0.2) is 39.7 Å². The molecule has 1 saturated heterocycles. The summed E-state index contributed by atoms with van der Waals surface area (Å²) >= 11 is 5.47. The van der Waals surface area contributed by atoms with Crippen molar-refractivity contribution in [2.24, 2.45) is 4.99 Å². The molecule has 7 heteroatoms. The third-order valence-corrected chi connectivity index (χ3v) is 8.47. The van der Waals surface area contributed by atoms with Gasteiger partial charge in [-0.05, 0) is 18.4 Å². The number of anilines is 1. The quantitative estimate of drug-likeness (QED) is 0.443. The number of nitrogens with one attached hydrogen (secondary N) is 2. The minimum Gasteiger partial charge on any atom is -0.504 e. The number of aliphatic hydroxyl groups is 1. The molecule has 4 heterocycles. The highest BCUT2D eigenvalue weighted by molar-refractivity contribution is 9.11. The van der Waals surface area contributed by atoms with E-state index in [1.807, 2.05) is 18.0 Å². The van der Waals surface area contributed by atoms with Gasteiger partial charge in [-0.15, -0.1) is 11.8 Å². The predicted molar refractivity (Wildman–Crippen MR) is 101 cm³/mol. The second-order valence-corrected chi connectivity index (χ2v) is 9.77. The van der Waals surface area contributed by atoms with Gasteiger partial charge in [0.2, 0.25) is 5.36 Å². The van der Waals surface area contributed by atoms with Crippen molar-refractivity contribution in [2.45, 2.75) is 41.4 Å². The summed E-state index contributed by atoms with van der Waals surface area (Å²) < 4.78 is 0.862. The van der Waals surface area contributed by atoms with Gasteiger partial charge >= 0.3 is 0 Å². The van der Waals surface area contributed by atoms with Crippen LogP contribution in [0, 0.1) is 0 Å². The number of thioether (sulfide) groups is 1. The topological polar surface area (TPSA) is 78.8 Å². The molecule has 0 unspecified atom stereocenters. The zero-order valence-electron chi connectivity index (χ0n) is 13.3. The average Bonchev–Trinajstić information content (AvgIpc) is 3.13. The number of halogens is 1. The molecule has 128 valence electrons. The molecule has 0 aromatic heterocycles. The Kier molecular flexibility index (Phi) is 2.78. The second kappa shape index (κ2) is 4.69. The molecular formula is C18H17BrN3O2S+. The highest BCUT2D eigenvalue weighted by Crippen LogP contribution is 2.60. The SMILES string of the molecule is Oc1c2c(c3c4c1N=CC=4CC[NH+]=3)[C@]13C=C(Br)[C@@H](O)C[C@H]1S[C@@H](C3)N2. The zero-order chi connectivity index (χ0) is 16.9. The normalized spacial score (nSPS) is 36.2. The largest absolute Gasteiger partial charge is 0.504 e. The predicted octanol–water partition coefficient (Wildman–Crippen LogP) is -0.0990. The van der Waals surface area contributed by atoms with Crippen molar-refractivity contribution in [3.63, 3.8) is 0 Å². The summed E-state index contributed by atoms with van der Waals surface area (Å²) in [5.74, 6) is 0.268. The van der Waals surface area contributed by atoms with Crippen molar-refractivity contribution in [3.05, 3.63) is 26.7 Å². The van der Waals surface area contributed by atoms with E-state index >= 15 is 0 Å². The van der Waals surface area contributed by atoms with Gasteiger partial charge in [0.25, 0.3) is 0 Å². The molecule has 25 heavy (non-hydrogen) atoms. The number of fused-ring (bicyclic) bond motifs is 3. The number of hydrogen-bond donors (Lipinski definition) is 4. The zero-order valence-corrected chi connectivity index (χ0v) is 15.7. The third kappa shape index (κ3) is 1.70. The van der Waals surface area contributed by atoms with E-state index in [0.29, 0.717) is 10.9 Å². The Morgan fingerprint density at radius 3 is 3.20 bits per heavy atom. The van der Waals surface area contributed by atoms with Crippen molar-refractivity contribution in [1.29, 1.82) is 0 Å². The van der Waals surface area contributed by atoms with Gasteiger partial charge in [-0.3, -0.25) is 4.99 Å². The average molecular weight is 419 g/mol. The fraction of sp³-hybridized carbons (Fsp3) is 0.444. The lowest BCUT2D eigenvalue weighted by molar-refractivity contribution is -0.501. The Balaban J connectivity index is 1.77. The number of aromatic hydroxyl groups is 1. The Morgan fingerprint density at radius 1 is 1.44 bits per heavy atom. The third-order valence-electron chi connectivity index (χ3n) is 6.16. The smallest absolute Gasteiger partial charge is 0.214 e. The molecule has 5 nitrogen and oxygen atoms in total. The van der Waals surface area contributed by atoms with Crippen LogP contribution < -0.4 is 20.9 Å². The highest BCUT2D eigenvalue weighted by Gasteiger charge is 2.57. The number of phenolic OH excluding ortho intramolecular Hbond substituents is 1. The van der Waals surface area contributed by atoms with E-state index in [0.717, 1.165) is 52.1 Å². The van der Waals surface area contributed by atoms with Gasteiger partial charge < -0.3 is 15.5 Å². The summed E-state index contributed by atoms with van der Waals surface area (Å²) in [6, 6.07) is 0. The van der Waals surface area contributed by atoms with E-state index in [4.69, 9.17) is 0 Å². The Bertz CT molecular complexity index is 1030. The standard InChI is InChI=1S/C18H16BrN3O2S/c19-8-4-18-5-11(25-10(18)3-9(8)23)22-16-13(18)14-12-7(1-2-20-14)6-21-15(12)17(16)24/h4,6,9-11,22-24H,1-3,5H2/p+1/t9-,10+,11-,18-/m0/s1. The first kappa shape index (κ1) is 14.8. The molecule has 1 spiro atoms. The number of allylic oxidation sites excluding steroid dienone is 1. The molecule has 4 atom stereocenters. The van der Waals surface area contributed by atoms with E-state index in [2.05, 4.69) is 37.3 Å². The molecule has 0 saturated carbocycles. The molecular weight excluding hydrogens is 402 g/mol. The lowest BCUT2D eigenvalue weighted by atomic mass is 9.67.